The van der Waals surface area contributed by atoms with Crippen molar-refractivity contribution in [3.63, 3.8) is 0 Å². The predicted octanol–water partition coefficient (Wildman–Crippen LogP) is 4.31. The van der Waals surface area contributed by atoms with Crippen LogP contribution in [0.1, 0.15) is 30.7 Å². The maximum Gasteiger partial charge on any atom is 0.134 e. The molecule has 3 nitrogen and oxygen atoms in total. The Morgan fingerprint density at radius 3 is 2.80 bits per heavy atom. The van der Waals surface area contributed by atoms with E-state index in [-0.39, 0.29) is 6.04 Å². The molecule has 0 amide bonds. The van der Waals surface area contributed by atoms with Crippen molar-refractivity contribution in [3.8, 4) is 0 Å². The van der Waals surface area contributed by atoms with Gasteiger partial charge in [0.2, 0.25) is 0 Å². The van der Waals surface area contributed by atoms with Crippen LogP contribution in [0.5, 0.6) is 0 Å². The number of furan rings is 2. The normalized spacial score (nSPS) is 12.8. The SMILES string of the molecule is CCCNC(Cc1ccco1)c1coc2ccccc12. The fourth-order valence-electron chi connectivity index (χ4n) is 2.51. The Balaban J connectivity index is 1.91. The Hall–Kier alpha value is -2.00. The van der Waals surface area contributed by atoms with E-state index in [1.54, 1.807) is 6.26 Å². The second-order valence-corrected chi connectivity index (χ2v) is 4.98. The molecule has 1 aromatic carbocycles. The molecule has 20 heavy (non-hydrogen) atoms. The molecule has 3 rings (SSSR count). The van der Waals surface area contributed by atoms with Crippen molar-refractivity contribution in [2.24, 2.45) is 0 Å². The Morgan fingerprint density at radius 1 is 1.10 bits per heavy atom. The first-order valence-corrected chi connectivity index (χ1v) is 7.10. The molecule has 0 aliphatic heterocycles. The van der Waals surface area contributed by atoms with E-state index < -0.39 is 0 Å². The zero-order chi connectivity index (χ0) is 13.8. The van der Waals surface area contributed by atoms with Crippen LogP contribution in [0.2, 0.25) is 0 Å². The van der Waals surface area contributed by atoms with Gasteiger partial charge in [0.25, 0.3) is 0 Å². The molecule has 1 unspecified atom stereocenters. The van der Waals surface area contributed by atoms with E-state index in [1.807, 2.05) is 36.6 Å². The Bertz CT molecular complexity index is 655. The number of hydrogen-bond acceptors (Lipinski definition) is 3. The minimum Gasteiger partial charge on any atom is -0.469 e. The van der Waals surface area contributed by atoms with Gasteiger partial charge in [-0.15, -0.1) is 0 Å². The molecule has 2 heterocycles. The first kappa shape index (κ1) is 13.0. The van der Waals surface area contributed by atoms with Gasteiger partial charge < -0.3 is 14.2 Å². The smallest absolute Gasteiger partial charge is 0.134 e. The maximum absolute atomic E-state index is 5.66. The minimum absolute atomic E-state index is 0.213. The largest absolute Gasteiger partial charge is 0.469 e. The van der Waals surface area contributed by atoms with Gasteiger partial charge in [-0.3, -0.25) is 0 Å². The summed E-state index contributed by atoms with van der Waals surface area (Å²) in [7, 11) is 0. The van der Waals surface area contributed by atoms with Gasteiger partial charge in [0.15, 0.2) is 0 Å². The maximum atomic E-state index is 5.66. The number of nitrogens with one attached hydrogen (secondary N) is 1. The Kier molecular flexibility index (Phi) is 3.88. The van der Waals surface area contributed by atoms with Gasteiger partial charge in [0.1, 0.15) is 11.3 Å². The summed E-state index contributed by atoms with van der Waals surface area (Å²) >= 11 is 0. The summed E-state index contributed by atoms with van der Waals surface area (Å²) in [6, 6.07) is 12.3. The van der Waals surface area contributed by atoms with Crippen LogP contribution in [0, 0.1) is 0 Å². The van der Waals surface area contributed by atoms with E-state index in [1.165, 1.54) is 10.9 Å². The van der Waals surface area contributed by atoms with E-state index in [2.05, 4.69) is 18.3 Å². The molecule has 3 heteroatoms. The second kappa shape index (κ2) is 5.97. The first-order valence-electron chi connectivity index (χ1n) is 7.10. The molecule has 0 fully saturated rings. The van der Waals surface area contributed by atoms with Gasteiger partial charge in [0, 0.05) is 23.4 Å². The molecular formula is C17H19NO2. The quantitative estimate of drug-likeness (QED) is 0.724. The molecule has 1 N–H and O–H groups in total. The van der Waals surface area contributed by atoms with Crippen molar-refractivity contribution in [2.75, 3.05) is 6.54 Å². The predicted molar refractivity (Wildman–Crippen MR) is 79.7 cm³/mol. The second-order valence-electron chi connectivity index (χ2n) is 4.98. The summed E-state index contributed by atoms with van der Waals surface area (Å²) in [6.45, 7) is 3.15. The lowest BCUT2D eigenvalue weighted by Gasteiger charge is -2.16. The molecule has 104 valence electrons. The molecule has 2 aromatic heterocycles. The van der Waals surface area contributed by atoms with Crippen LogP contribution < -0.4 is 5.32 Å². The fraction of sp³-hybridized carbons (Fsp3) is 0.294. The summed E-state index contributed by atoms with van der Waals surface area (Å²) in [5, 5.41) is 4.76. The van der Waals surface area contributed by atoms with Crippen LogP contribution in [-0.4, -0.2) is 6.54 Å². The van der Waals surface area contributed by atoms with Crippen molar-refractivity contribution >= 4 is 11.0 Å². The molecular weight excluding hydrogens is 250 g/mol. The van der Waals surface area contributed by atoms with Gasteiger partial charge in [-0.2, -0.15) is 0 Å². The van der Waals surface area contributed by atoms with Gasteiger partial charge in [-0.1, -0.05) is 25.1 Å². The lowest BCUT2D eigenvalue weighted by Crippen LogP contribution is -2.23. The average molecular weight is 269 g/mol. The van der Waals surface area contributed by atoms with Crippen LogP contribution in [0.4, 0.5) is 0 Å². The van der Waals surface area contributed by atoms with Crippen molar-refractivity contribution in [2.45, 2.75) is 25.8 Å². The molecule has 3 aromatic rings. The Morgan fingerprint density at radius 2 is 2.00 bits per heavy atom. The third-order valence-electron chi connectivity index (χ3n) is 3.51. The average Bonchev–Trinajstić information content (AvgIpc) is 3.12. The fourth-order valence-corrected chi connectivity index (χ4v) is 2.51. The van der Waals surface area contributed by atoms with Crippen LogP contribution in [0.25, 0.3) is 11.0 Å². The highest BCUT2D eigenvalue weighted by atomic mass is 16.3. The molecule has 0 saturated heterocycles. The lowest BCUT2D eigenvalue weighted by atomic mass is 10.0. The number of fused-ring (bicyclic) bond motifs is 1. The third-order valence-corrected chi connectivity index (χ3v) is 3.51. The molecule has 0 radical (unpaired) electrons. The van der Waals surface area contributed by atoms with Crippen LogP contribution >= 0.6 is 0 Å². The van der Waals surface area contributed by atoms with Crippen molar-refractivity contribution in [1.82, 2.24) is 5.32 Å². The summed E-state index contributed by atoms with van der Waals surface area (Å²) in [5.74, 6) is 0.990. The van der Waals surface area contributed by atoms with Crippen LogP contribution in [0.15, 0.2) is 57.8 Å². The molecule has 1 atom stereocenters. The highest BCUT2D eigenvalue weighted by molar-refractivity contribution is 5.81. The van der Waals surface area contributed by atoms with Crippen molar-refractivity contribution in [1.29, 1.82) is 0 Å². The summed E-state index contributed by atoms with van der Waals surface area (Å²) < 4.78 is 11.1. The van der Waals surface area contributed by atoms with Crippen molar-refractivity contribution < 1.29 is 8.83 Å². The van der Waals surface area contributed by atoms with E-state index in [4.69, 9.17) is 8.83 Å². The molecule has 0 aliphatic rings. The Labute approximate surface area is 118 Å². The number of benzene rings is 1. The highest BCUT2D eigenvalue weighted by Gasteiger charge is 2.18. The van der Waals surface area contributed by atoms with Gasteiger partial charge in [-0.25, -0.2) is 0 Å². The monoisotopic (exact) mass is 269 g/mol. The number of rotatable bonds is 6. The molecule has 0 saturated carbocycles. The van der Waals surface area contributed by atoms with E-state index in [0.717, 1.165) is 30.7 Å². The summed E-state index contributed by atoms with van der Waals surface area (Å²) in [5.41, 5.74) is 2.13. The molecule has 0 spiro atoms. The summed E-state index contributed by atoms with van der Waals surface area (Å²) in [4.78, 5) is 0. The van der Waals surface area contributed by atoms with Crippen LogP contribution in [-0.2, 0) is 6.42 Å². The lowest BCUT2D eigenvalue weighted by molar-refractivity contribution is 0.447. The molecule has 0 aliphatic carbocycles. The van der Waals surface area contributed by atoms with E-state index in [9.17, 15) is 0 Å². The topological polar surface area (TPSA) is 38.3 Å². The van der Waals surface area contributed by atoms with Gasteiger partial charge in [0.05, 0.1) is 12.5 Å². The molecule has 0 bridgehead atoms. The van der Waals surface area contributed by atoms with Crippen LogP contribution in [0.3, 0.4) is 0 Å². The first-order chi connectivity index (χ1) is 9.88. The van der Waals surface area contributed by atoms with Crippen molar-refractivity contribution in [3.05, 3.63) is 60.2 Å². The number of para-hydroxylation sites is 1. The van der Waals surface area contributed by atoms with E-state index in [0.29, 0.717) is 0 Å². The number of hydrogen-bond donors (Lipinski definition) is 1. The van der Waals surface area contributed by atoms with E-state index >= 15 is 0 Å². The van der Waals surface area contributed by atoms with Gasteiger partial charge >= 0.3 is 0 Å². The zero-order valence-corrected chi connectivity index (χ0v) is 11.6. The summed E-state index contributed by atoms with van der Waals surface area (Å²) in [6.07, 6.45) is 5.52. The standard InChI is InChI=1S/C17H19NO2/c1-2-9-18-16(11-13-6-5-10-19-13)15-12-20-17-8-4-3-7-14(15)17/h3-8,10,12,16,18H,2,9,11H2,1H3. The zero-order valence-electron chi connectivity index (χ0n) is 11.6. The highest BCUT2D eigenvalue weighted by Crippen LogP contribution is 2.28. The third kappa shape index (κ3) is 2.63. The minimum atomic E-state index is 0.213. The van der Waals surface area contributed by atoms with Gasteiger partial charge in [-0.05, 0) is 31.2 Å².